The molecule has 0 atom stereocenters. The maximum absolute atomic E-state index is 5.14. The van der Waals surface area contributed by atoms with Gasteiger partial charge in [-0.3, -0.25) is 15.0 Å². The molecule has 9 aromatic rings. The zero-order valence-corrected chi connectivity index (χ0v) is 29.2. The standard InChI is InChI=1S/C48H32N6/c1-3-13-35(14-4-1)44-32-45(36-15-5-2-6-16-36)54-48(53-44)40-28-37(27-39(29-40)41-17-7-10-24-49-41)33-20-22-34(23-21-33)38-30-46(42-18-8-11-25-50-42)52-47(31-38)43-19-9-12-26-51-43/h1-32H. The highest BCUT2D eigenvalue weighted by Gasteiger charge is 2.15. The summed E-state index contributed by atoms with van der Waals surface area (Å²) in [6, 6.07) is 59.6. The molecule has 0 aliphatic rings. The summed E-state index contributed by atoms with van der Waals surface area (Å²) in [5.41, 5.74) is 13.9. The zero-order valence-electron chi connectivity index (χ0n) is 29.2. The van der Waals surface area contributed by atoms with Crippen molar-refractivity contribution < 1.29 is 0 Å². The number of hydrogen-bond donors (Lipinski definition) is 0. The van der Waals surface area contributed by atoms with E-state index in [-0.39, 0.29) is 0 Å². The number of nitrogens with zero attached hydrogens (tertiary/aromatic N) is 6. The Balaban J connectivity index is 1.16. The van der Waals surface area contributed by atoms with Crippen molar-refractivity contribution in [3.8, 4) is 90.2 Å². The minimum Gasteiger partial charge on any atom is -0.256 e. The quantitative estimate of drug-likeness (QED) is 0.158. The molecule has 0 unspecified atom stereocenters. The molecule has 0 saturated heterocycles. The van der Waals surface area contributed by atoms with Crippen LogP contribution in [0.25, 0.3) is 90.2 Å². The van der Waals surface area contributed by atoms with Gasteiger partial charge in [0.2, 0.25) is 0 Å². The van der Waals surface area contributed by atoms with Gasteiger partial charge in [0.25, 0.3) is 0 Å². The normalized spacial score (nSPS) is 11.0. The smallest absolute Gasteiger partial charge is 0.160 e. The predicted octanol–water partition coefficient (Wildman–Crippen LogP) is 11.4. The summed E-state index contributed by atoms with van der Waals surface area (Å²) < 4.78 is 0. The lowest BCUT2D eigenvalue weighted by molar-refractivity contribution is 1.18. The van der Waals surface area contributed by atoms with Crippen molar-refractivity contribution in [2.24, 2.45) is 0 Å². The van der Waals surface area contributed by atoms with Gasteiger partial charge in [-0.1, -0.05) is 103 Å². The van der Waals surface area contributed by atoms with E-state index in [2.05, 4.69) is 94.9 Å². The Labute approximate surface area is 313 Å². The second kappa shape index (κ2) is 14.7. The Kier molecular flexibility index (Phi) is 8.81. The molecule has 5 heterocycles. The predicted molar refractivity (Wildman–Crippen MR) is 217 cm³/mol. The maximum Gasteiger partial charge on any atom is 0.160 e. The van der Waals surface area contributed by atoms with E-state index in [1.54, 1.807) is 12.4 Å². The molecule has 0 bridgehead atoms. The van der Waals surface area contributed by atoms with Crippen molar-refractivity contribution in [3.63, 3.8) is 0 Å². The maximum atomic E-state index is 5.14. The second-order valence-corrected chi connectivity index (χ2v) is 12.8. The molecular formula is C48H32N6. The van der Waals surface area contributed by atoms with Crippen LogP contribution in [0.5, 0.6) is 0 Å². The molecule has 6 heteroatoms. The first-order chi connectivity index (χ1) is 26.7. The first-order valence-corrected chi connectivity index (χ1v) is 17.8. The molecule has 0 aliphatic carbocycles. The fourth-order valence-electron chi connectivity index (χ4n) is 6.54. The summed E-state index contributed by atoms with van der Waals surface area (Å²) in [6.45, 7) is 0. The highest BCUT2D eigenvalue weighted by atomic mass is 14.9. The highest BCUT2D eigenvalue weighted by Crippen LogP contribution is 2.35. The van der Waals surface area contributed by atoms with Crippen molar-refractivity contribution in [2.75, 3.05) is 0 Å². The first kappa shape index (κ1) is 32.5. The van der Waals surface area contributed by atoms with Crippen LogP contribution in [0.1, 0.15) is 0 Å². The number of hydrogen-bond acceptors (Lipinski definition) is 6. The van der Waals surface area contributed by atoms with Gasteiger partial charge < -0.3 is 0 Å². The van der Waals surface area contributed by atoms with E-state index < -0.39 is 0 Å². The van der Waals surface area contributed by atoms with Gasteiger partial charge in [0, 0.05) is 40.8 Å². The highest BCUT2D eigenvalue weighted by molar-refractivity contribution is 5.82. The van der Waals surface area contributed by atoms with Crippen molar-refractivity contribution in [1.29, 1.82) is 0 Å². The van der Waals surface area contributed by atoms with Crippen LogP contribution in [0.3, 0.4) is 0 Å². The molecule has 0 N–H and O–H groups in total. The third-order valence-corrected chi connectivity index (χ3v) is 9.25. The summed E-state index contributed by atoms with van der Waals surface area (Å²) in [5, 5.41) is 0. The Morgan fingerprint density at radius 1 is 0.222 bits per heavy atom. The molecule has 0 fully saturated rings. The number of pyridine rings is 4. The van der Waals surface area contributed by atoms with E-state index in [1.807, 2.05) is 97.2 Å². The monoisotopic (exact) mass is 692 g/mol. The number of aromatic nitrogens is 6. The van der Waals surface area contributed by atoms with Gasteiger partial charge in [-0.05, 0) is 95.1 Å². The van der Waals surface area contributed by atoms with Gasteiger partial charge in [-0.25, -0.2) is 15.0 Å². The molecule has 254 valence electrons. The Hall–Kier alpha value is -7.44. The van der Waals surface area contributed by atoms with Crippen LogP contribution in [-0.4, -0.2) is 29.9 Å². The van der Waals surface area contributed by atoms with Crippen molar-refractivity contribution in [2.45, 2.75) is 0 Å². The van der Waals surface area contributed by atoms with Crippen LogP contribution >= 0.6 is 0 Å². The average molecular weight is 693 g/mol. The summed E-state index contributed by atoms with van der Waals surface area (Å²) in [6.07, 6.45) is 5.40. The van der Waals surface area contributed by atoms with Crippen molar-refractivity contribution in [1.82, 2.24) is 29.9 Å². The van der Waals surface area contributed by atoms with Gasteiger partial charge in [-0.15, -0.1) is 0 Å². The van der Waals surface area contributed by atoms with E-state index >= 15 is 0 Å². The van der Waals surface area contributed by atoms with Gasteiger partial charge in [0.15, 0.2) is 5.82 Å². The molecule has 0 spiro atoms. The Morgan fingerprint density at radius 3 is 1.13 bits per heavy atom. The van der Waals surface area contributed by atoms with Gasteiger partial charge in [0.05, 0.1) is 39.9 Å². The number of rotatable bonds is 8. The Morgan fingerprint density at radius 2 is 0.648 bits per heavy atom. The third-order valence-electron chi connectivity index (χ3n) is 9.25. The topological polar surface area (TPSA) is 77.3 Å². The van der Waals surface area contributed by atoms with Gasteiger partial charge in [-0.2, -0.15) is 0 Å². The molecule has 54 heavy (non-hydrogen) atoms. The molecule has 4 aromatic carbocycles. The fraction of sp³-hybridized carbons (Fsp3) is 0. The average Bonchev–Trinajstić information content (AvgIpc) is 3.27. The van der Waals surface area contributed by atoms with Crippen LogP contribution in [0.2, 0.25) is 0 Å². The molecule has 5 aromatic heterocycles. The van der Waals surface area contributed by atoms with E-state index in [1.165, 1.54) is 0 Å². The van der Waals surface area contributed by atoms with E-state index in [0.29, 0.717) is 5.82 Å². The Bertz CT molecular complexity index is 2550. The van der Waals surface area contributed by atoms with Gasteiger partial charge >= 0.3 is 0 Å². The van der Waals surface area contributed by atoms with Crippen molar-refractivity contribution >= 4 is 0 Å². The fourth-order valence-corrected chi connectivity index (χ4v) is 6.54. The molecule has 9 rings (SSSR count). The molecular weight excluding hydrogens is 661 g/mol. The van der Waals surface area contributed by atoms with Crippen LogP contribution in [0, 0.1) is 0 Å². The second-order valence-electron chi connectivity index (χ2n) is 12.8. The largest absolute Gasteiger partial charge is 0.256 e. The molecule has 6 nitrogen and oxygen atoms in total. The van der Waals surface area contributed by atoms with E-state index in [0.717, 1.165) is 84.4 Å². The summed E-state index contributed by atoms with van der Waals surface area (Å²) in [4.78, 5) is 29.1. The first-order valence-electron chi connectivity index (χ1n) is 17.8. The van der Waals surface area contributed by atoms with E-state index in [9.17, 15) is 0 Å². The zero-order chi connectivity index (χ0) is 36.1. The van der Waals surface area contributed by atoms with Crippen LogP contribution in [0.15, 0.2) is 195 Å². The molecule has 0 radical (unpaired) electrons. The summed E-state index contributed by atoms with van der Waals surface area (Å²) in [7, 11) is 0. The lowest BCUT2D eigenvalue weighted by Gasteiger charge is -2.13. The minimum absolute atomic E-state index is 0.645. The minimum atomic E-state index is 0.645. The van der Waals surface area contributed by atoms with Crippen LogP contribution in [0.4, 0.5) is 0 Å². The lowest BCUT2D eigenvalue weighted by atomic mass is 9.95. The SMILES string of the molecule is c1ccc(-c2cc(-c3ccccc3)nc(-c3cc(-c4ccc(-c5cc(-c6ccccn6)nc(-c6ccccn6)c5)cc4)cc(-c4ccccn4)c3)n2)cc1. The van der Waals surface area contributed by atoms with Crippen LogP contribution < -0.4 is 0 Å². The van der Waals surface area contributed by atoms with E-state index in [4.69, 9.17) is 19.9 Å². The van der Waals surface area contributed by atoms with Crippen LogP contribution in [-0.2, 0) is 0 Å². The third kappa shape index (κ3) is 6.92. The molecule has 0 saturated carbocycles. The summed E-state index contributed by atoms with van der Waals surface area (Å²) in [5.74, 6) is 0.645. The van der Waals surface area contributed by atoms with Crippen molar-refractivity contribution in [3.05, 3.63) is 195 Å². The van der Waals surface area contributed by atoms with Gasteiger partial charge in [0.1, 0.15) is 0 Å². The molecule has 0 amide bonds. The molecule has 0 aliphatic heterocycles. The summed E-state index contributed by atoms with van der Waals surface area (Å²) >= 11 is 0. The number of benzene rings is 4. The lowest BCUT2D eigenvalue weighted by Crippen LogP contribution is -1.97.